The van der Waals surface area contributed by atoms with Crippen LogP contribution in [0, 0.1) is 0 Å². The Labute approximate surface area is 119 Å². The summed E-state index contributed by atoms with van der Waals surface area (Å²) >= 11 is 0. The first-order valence-electron chi connectivity index (χ1n) is 6.09. The summed E-state index contributed by atoms with van der Waals surface area (Å²) in [6.07, 6.45) is -6.92. The molecule has 0 aliphatic rings. The van der Waals surface area contributed by atoms with Gasteiger partial charge in [0.1, 0.15) is 18.0 Å². The Bertz CT molecular complexity index is 461. The number of aliphatic hydroxyl groups excluding tert-OH is 2. The average molecular weight is 307 g/mol. The molecule has 1 rings (SSSR count). The van der Waals surface area contributed by atoms with Gasteiger partial charge in [0.15, 0.2) is 6.61 Å². The average Bonchev–Trinajstić information content (AvgIpc) is 2.41. The number of hydrogen-bond donors (Lipinski definition) is 3. The van der Waals surface area contributed by atoms with Crippen molar-refractivity contribution in [1.82, 2.24) is 5.32 Å². The van der Waals surface area contributed by atoms with Crippen LogP contribution in [0.4, 0.5) is 13.2 Å². The van der Waals surface area contributed by atoms with Gasteiger partial charge in [-0.2, -0.15) is 13.2 Å². The van der Waals surface area contributed by atoms with E-state index in [0.29, 0.717) is 5.56 Å². The Hall–Kier alpha value is -1.80. The monoisotopic (exact) mass is 307 g/mol. The summed E-state index contributed by atoms with van der Waals surface area (Å²) in [5.41, 5.74) is 0.298. The van der Waals surface area contributed by atoms with Crippen LogP contribution in [0.1, 0.15) is 18.6 Å². The highest BCUT2D eigenvalue weighted by Crippen LogP contribution is 2.22. The molecule has 8 heteroatoms. The van der Waals surface area contributed by atoms with Crippen LogP contribution >= 0.6 is 0 Å². The fourth-order valence-electron chi connectivity index (χ4n) is 1.51. The Morgan fingerprint density at radius 2 is 1.86 bits per heavy atom. The molecule has 2 atom stereocenters. The summed E-state index contributed by atoms with van der Waals surface area (Å²) in [4.78, 5) is 10.7. The van der Waals surface area contributed by atoms with Crippen LogP contribution in [-0.2, 0) is 4.79 Å². The predicted octanol–water partition coefficient (Wildman–Crippen LogP) is 1.16. The predicted molar refractivity (Wildman–Crippen MR) is 67.6 cm³/mol. The smallest absolute Gasteiger partial charge is 0.422 e. The molecule has 0 aliphatic carbocycles. The van der Waals surface area contributed by atoms with E-state index in [9.17, 15) is 28.2 Å². The van der Waals surface area contributed by atoms with Crippen molar-refractivity contribution in [2.45, 2.75) is 25.3 Å². The van der Waals surface area contributed by atoms with Crippen molar-refractivity contribution in [3.8, 4) is 5.75 Å². The normalized spacial score (nSPS) is 14.4. The fraction of sp³-hybridized carbons (Fsp3) is 0.462. The summed E-state index contributed by atoms with van der Waals surface area (Å²) in [6.45, 7) is -0.269. The second-order valence-electron chi connectivity index (χ2n) is 4.42. The molecule has 0 radical (unpaired) electrons. The topological polar surface area (TPSA) is 78.8 Å². The van der Waals surface area contributed by atoms with E-state index in [1.54, 1.807) is 0 Å². The number of aliphatic hydroxyl groups is 2. The van der Waals surface area contributed by atoms with Gasteiger partial charge in [-0.25, -0.2) is 0 Å². The Balaban J connectivity index is 2.58. The van der Waals surface area contributed by atoms with Gasteiger partial charge in [-0.15, -0.1) is 0 Å². The minimum Gasteiger partial charge on any atom is -0.484 e. The van der Waals surface area contributed by atoms with Crippen LogP contribution in [-0.4, -0.2) is 41.6 Å². The van der Waals surface area contributed by atoms with Gasteiger partial charge in [-0.3, -0.25) is 4.79 Å². The number of halogens is 3. The maximum atomic E-state index is 12.0. The standard InChI is InChI=1S/C13H16F3NO4/c1-8(18)17-6-11(19)12(20)9-2-4-10(5-3-9)21-7-13(14,15)16/h2-5,11-12,19-20H,6-7H2,1H3,(H,17,18). The molecule has 0 aromatic heterocycles. The quantitative estimate of drug-likeness (QED) is 0.737. The van der Waals surface area contributed by atoms with E-state index in [1.165, 1.54) is 31.2 Å². The zero-order chi connectivity index (χ0) is 16.0. The molecule has 0 saturated carbocycles. The fourth-order valence-corrected chi connectivity index (χ4v) is 1.51. The molecule has 2 unspecified atom stereocenters. The summed E-state index contributed by atoms with van der Waals surface area (Å²) in [7, 11) is 0. The lowest BCUT2D eigenvalue weighted by Crippen LogP contribution is -2.34. The molecule has 0 aliphatic heterocycles. The van der Waals surface area contributed by atoms with Crippen molar-refractivity contribution in [1.29, 1.82) is 0 Å². The number of alkyl halides is 3. The number of amides is 1. The lowest BCUT2D eigenvalue weighted by atomic mass is 10.0. The van der Waals surface area contributed by atoms with Crippen LogP contribution in [0.15, 0.2) is 24.3 Å². The minimum atomic E-state index is -4.42. The van der Waals surface area contributed by atoms with E-state index >= 15 is 0 Å². The summed E-state index contributed by atoms with van der Waals surface area (Å²) in [5.74, 6) is -0.350. The van der Waals surface area contributed by atoms with Gasteiger partial charge in [0.2, 0.25) is 5.91 Å². The lowest BCUT2D eigenvalue weighted by Gasteiger charge is -2.18. The Morgan fingerprint density at radius 3 is 2.33 bits per heavy atom. The summed E-state index contributed by atoms with van der Waals surface area (Å²) < 4.78 is 40.4. The maximum Gasteiger partial charge on any atom is 0.422 e. The molecule has 0 saturated heterocycles. The van der Waals surface area contributed by atoms with Gasteiger partial charge in [0.05, 0.1) is 0 Å². The van der Waals surface area contributed by atoms with Crippen molar-refractivity contribution < 1.29 is 32.9 Å². The highest BCUT2D eigenvalue weighted by molar-refractivity contribution is 5.72. The van der Waals surface area contributed by atoms with E-state index in [2.05, 4.69) is 10.1 Å². The maximum absolute atomic E-state index is 12.0. The molecular formula is C13H16F3NO4. The first-order chi connectivity index (χ1) is 9.69. The molecule has 1 aromatic carbocycles. The van der Waals surface area contributed by atoms with E-state index < -0.39 is 25.0 Å². The van der Waals surface area contributed by atoms with Crippen molar-refractivity contribution >= 4 is 5.91 Å². The van der Waals surface area contributed by atoms with E-state index in [1.807, 2.05) is 0 Å². The Kier molecular flexibility index (Phi) is 5.98. The molecular weight excluding hydrogens is 291 g/mol. The molecule has 118 valence electrons. The van der Waals surface area contributed by atoms with Gasteiger partial charge in [-0.05, 0) is 17.7 Å². The van der Waals surface area contributed by atoms with Gasteiger partial charge < -0.3 is 20.3 Å². The SMILES string of the molecule is CC(=O)NCC(O)C(O)c1ccc(OCC(F)(F)F)cc1. The number of rotatable bonds is 6. The summed E-state index contributed by atoms with van der Waals surface area (Å²) in [5, 5.41) is 21.8. The molecule has 0 bridgehead atoms. The third kappa shape index (κ3) is 6.46. The Morgan fingerprint density at radius 1 is 1.29 bits per heavy atom. The third-order valence-electron chi connectivity index (χ3n) is 2.55. The van der Waals surface area contributed by atoms with Crippen LogP contribution in [0.3, 0.4) is 0 Å². The van der Waals surface area contributed by atoms with E-state index in [4.69, 9.17) is 0 Å². The molecule has 1 amide bonds. The van der Waals surface area contributed by atoms with Gasteiger partial charge in [-0.1, -0.05) is 12.1 Å². The van der Waals surface area contributed by atoms with Crippen LogP contribution in [0.25, 0.3) is 0 Å². The van der Waals surface area contributed by atoms with Gasteiger partial charge in [0.25, 0.3) is 0 Å². The number of benzene rings is 1. The molecule has 0 heterocycles. The van der Waals surface area contributed by atoms with Crippen LogP contribution in [0.2, 0.25) is 0 Å². The minimum absolute atomic E-state index is 0.000347. The highest BCUT2D eigenvalue weighted by atomic mass is 19.4. The van der Waals surface area contributed by atoms with Gasteiger partial charge >= 0.3 is 6.18 Å². The second-order valence-corrected chi connectivity index (χ2v) is 4.42. The van der Waals surface area contributed by atoms with Crippen LogP contribution < -0.4 is 10.1 Å². The molecule has 5 nitrogen and oxygen atoms in total. The van der Waals surface area contributed by atoms with Crippen molar-refractivity contribution in [3.63, 3.8) is 0 Å². The number of hydrogen-bond acceptors (Lipinski definition) is 4. The molecule has 0 fully saturated rings. The first-order valence-corrected chi connectivity index (χ1v) is 6.09. The zero-order valence-electron chi connectivity index (χ0n) is 11.2. The zero-order valence-corrected chi connectivity index (χ0v) is 11.2. The lowest BCUT2D eigenvalue weighted by molar-refractivity contribution is -0.153. The van der Waals surface area contributed by atoms with E-state index in [0.717, 1.165) is 0 Å². The molecule has 1 aromatic rings. The molecule has 0 spiro atoms. The van der Waals surface area contributed by atoms with E-state index in [-0.39, 0.29) is 18.2 Å². The van der Waals surface area contributed by atoms with Crippen molar-refractivity contribution in [3.05, 3.63) is 29.8 Å². The number of ether oxygens (including phenoxy) is 1. The number of carbonyl (C=O) groups excluding carboxylic acids is 1. The van der Waals surface area contributed by atoms with Crippen LogP contribution in [0.5, 0.6) is 5.75 Å². The second kappa shape index (κ2) is 7.28. The molecule has 3 N–H and O–H groups in total. The number of nitrogens with one attached hydrogen (secondary N) is 1. The third-order valence-corrected chi connectivity index (χ3v) is 2.55. The summed E-state index contributed by atoms with van der Waals surface area (Å²) in [6, 6.07) is 5.20. The van der Waals surface area contributed by atoms with Crippen molar-refractivity contribution in [2.75, 3.05) is 13.2 Å². The van der Waals surface area contributed by atoms with Crippen molar-refractivity contribution in [2.24, 2.45) is 0 Å². The highest BCUT2D eigenvalue weighted by Gasteiger charge is 2.28. The molecule has 21 heavy (non-hydrogen) atoms. The number of carbonyl (C=O) groups is 1. The van der Waals surface area contributed by atoms with Gasteiger partial charge in [0, 0.05) is 13.5 Å². The first kappa shape index (κ1) is 17.3. The largest absolute Gasteiger partial charge is 0.484 e.